The third kappa shape index (κ3) is 2.66. The number of nitrogens with zero attached hydrogens (tertiary/aromatic N) is 1. The van der Waals surface area contributed by atoms with Gasteiger partial charge in [-0.3, -0.25) is 0 Å². The van der Waals surface area contributed by atoms with Gasteiger partial charge >= 0.3 is 5.97 Å². The van der Waals surface area contributed by atoms with E-state index in [0.717, 1.165) is 12.1 Å². The van der Waals surface area contributed by atoms with Crippen LogP contribution in [-0.4, -0.2) is 16.1 Å². The Bertz CT molecular complexity index is 676. The van der Waals surface area contributed by atoms with Crippen LogP contribution in [0.4, 0.5) is 4.39 Å². The maximum atomic E-state index is 13.7. The molecule has 0 spiro atoms. The number of aromatic carboxylic acids is 1. The van der Waals surface area contributed by atoms with Crippen LogP contribution in [0.3, 0.4) is 0 Å². The fourth-order valence-corrected chi connectivity index (χ4v) is 2.08. The van der Waals surface area contributed by atoms with Crippen LogP contribution in [0, 0.1) is 5.82 Å². The molecule has 2 aromatic rings. The minimum absolute atomic E-state index is 0.0168. The standard InChI is InChI=1S/C12H5Cl3FNO2/c13-6-2-1-5(9(14)10(6)15)11-7(16)3-4-8(17-11)12(18)19/h1-4H,(H,18,19). The van der Waals surface area contributed by atoms with Gasteiger partial charge in [0.25, 0.3) is 0 Å². The molecule has 0 fully saturated rings. The number of hydrogen-bond donors (Lipinski definition) is 1. The lowest BCUT2D eigenvalue weighted by molar-refractivity contribution is 0.0690. The number of halogens is 4. The van der Waals surface area contributed by atoms with E-state index in [-0.39, 0.29) is 32.0 Å². The Labute approximate surface area is 122 Å². The summed E-state index contributed by atoms with van der Waals surface area (Å²) in [6.07, 6.45) is 0. The van der Waals surface area contributed by atoms with Gasteiger partial charge in [-0.25, -0.2) is 14.2 Å². The summed E-state index contributed by atoms with van der Waals surface area (Å²) in [4.78, 5) is 14.5. The zero-order valence-corrected chi connectivity index (χ0v) is 11.4. The van der Waals surface area contributed by atoms with Crippen LogP contribution >= 0.6 is 34.8 Å². The maximum Gasteiger partial charge on any atom is 0.354 e. The molecule has 0 radical (unpaired) electrons. The van der Waals surface area contributed by atoms with E-state index in [1.807, 2.05) is 0 Å². The molecule has 7 heteroatoms. The summed E-state index contributed by atoms with van der Waals surface area (Å²) in [7, 11) is 0. The summed E-state index contributed by atoms with van der Waals surface area (Å²) in [6.45, 7) is 0. The van der Waals surface area contributed by atoms with Crippen molar-refractivity contribution >= 4 is 40.8 Å². The highest BCUT2D eigenvalue weighted by Gasteiger charge is 2.17. The van der Waals surface area contributed by atoms with Crippen LogP contribution in [0.15, 0.2) is 24.3 Å². The van der Waals surface area contributed by atoms with Crippen LogP contribution in [0.1, 0.15) is 10.5 Å². The summed E-state index contributed by atoms with van der Waals surface area (Å²) < 4.78 is 13.7. The second-order valence-electron chi connectivity index (χ2n) is 3.55. The van der Waals surface area contributed by atoms with E-state index in [2.05, 4.69) is 4.98 Å². The molecule has 0 atom stereocenters. The lowest BCUT2D eigenvalue weighted by atomic mass is 10.1. The summed E-state index contributed by atoms with van der Waals surface area (Å²) in [5.74, 6) is -1.97. The highest BCUT2D eigenvalue weighted by molar-refractivity contribution is 6.49. The second-order valence-corrected chi connectivity index (χ2v) is 4.72. The van der Waals surface area contributed by atoms with Crippen molar-refractivity contribution in [3.8, 4) is 11.3 Å². The molecule has 0 aliphatic carbocycles. The number of carboxylic acids is 1. The molecule has 0 saturated heterocycles. The van der Waals surface area contributed by atoms with Crippen molar-refractivity contribution in [2.45, 2.75) is 0 Å². The molecule has 1 aromatic heterocycles. The summed E-state index contributed by atoms with van der Waals surface area (Å²) in [5.41, 5.74) is -0.307. The van der Waals surface area contributed by atoms with Crippen LogP contribution in [0.25, 0.3) is 11.3 Å². The Balaban J connectivity index is 2.68. The molecule has 0 amide bonds. The van der Waals surface area contributed by atoms with E-state index in [4.69, 9.17) is 39.9 Å². The molecule has 0 aliphatic rings. The molecule has 19 heavy (non-hydrogen) atoms. The fraction of sp³-hybridized carbons (Fsp3) is 0. The first-order valence-electron chi connectivity index (χ1n) is 4.95. The topological polar surface area (TPSA) is 50.2 Å². The molecule has 1 N–H and O–H groups in total. The normalized spacial score (nSPS) is 10.5. The molecule has 1 heterocycles. The van der Waals surface area contributed by atoms with Gasteiger partial charge in [-0.15, -0.1) is 0 Å². The monoisotopic (exact) mass is 319 g/mol. The van der Waals surface area contributed by atoms with Crippen molar-refractivity contribution in [3.05, 3.63) is 50.8 Å². The lowest BCUT2D eigenvalue weighted by Crippen LogP contribution is -2.03. The van der Waals surface area contributed by atoms with E-state index in [1.165, 1.54) is 12.1 Å². The van der Waals surface area contributed by atoms with Crippen molar-refractivity contribution in [3.63, 3.8) is 0 Å². The number of benzene rings is 1. The number of pyridine rings is 1. The third-order valence-electron chi connectivity index (χ3n) is 2.36. The smallest absolute Gasteiger partial charge is 0.354 e. The van der Waals surface area contributed by atoms with Gasteiger partial charge in [0.15, 0.2) is 0 Å². The molecular formula is C12H5Cl3FNO2. The first-order chi connectivity index (χ1) is 8.91. The van der Waals surface area contributed by atoms with E-state index in [0.29, 0.717) is 0 Å². The van der Waals surface area contributed by atoms with Gasteiger partial charge in [0.05, 0.1) is 15.1 Å². The summed E-state index contributed by atoms with van der Waals surface area (Å²) in [6, 6.07) is 4.92. The molecule has 0 unspecified atom stereocenters. The number of carbonyl (C=O) groups is 1. The summed E-state index contributed by atoms with van der Waals surface area (Å²) >= 11 is 17.6. The Hall–Kier alpha value is -1.36. The molecule has 2 rings (SSSR count). The first-order valence-corrected chi connectivity index (χ1v) is 6.09. The molecular weight excluding hydrogens is 315 g/mol. The number of rotatable bonds is 2. The molecule has 0 bridgehead atoms. The second kappa shape index (κ2) is 5.33. The van der Waals surface area contributed by atoms with Crippen molar-refractivity contribution in [1.82, 2.24) is 4.98 Å². The highest BCUT2D eigenvalue weighted by Crippen LogP contribution is 2.38. The lowest BCUT2D eigenvalue weighted by Gasteiger charge is -2.08. The Morgan fingerprint density at radius 3 is 2.42 bits per heavy atom. The minimum Gasteiger partial charge on any atom is -0.477 e. The number of aromatic nitrogens is 1. The van der Waals surface area contributed by atoms with Gasteiger partial charge in [0.2, 0.25) is 0 Å². The minimum atomic E-state index is -1.27. The average molecular weight is 321 g/mol. The molecule has 98 valence electrons. The SMILES string of the molecule is O=C(O)c1ccc(F)c(-c2ccc(Cl)c(Cl)c2Cl)n1. The largest absolute Gasteiger partial charge is 0.477 e. The van der Waals surface area contributed by atoms with E-state index in [9.17, 15) is 9.18 Å². The van der Waals surface area contributed by atoms with Gasteiger partial charge in [0, 0.05) is 5.56 Å². The Kier molecular flexibility index (Phi) is 3.94. The van der Waals surface area contributed by atoms with Crippen LogP contribution < -0.4 is 0 Å². The van der Waals surface area contributed by atoms with Gasteiger partial charge in [0.1, 0.15) is 17.2 Å². The Morgan fingerprint density at radius 2 is 1.79 bits per heavy atom. The first kappa shape index (κ1) is 14.1. The molecule has 0 saturated carbocycles. The zero-order valence-electron chi connectivity index (χ0n) is 9.12. The number of hydrogen-bond acceptors (Lipinski definition) is 2. The van der Waals surface area contributed by atoms with Gasteiger partial charge in [-0.1, -0.05) is 34.8 Å². The van der Waals surface area contributed by atoms with E-state index in [1.54, 1.807) is 0 Å². The molecule has 1 aromatic carbocycles. The highest BCUT2D eigenvalue weighted by atomic mass is 35.5. The van der Waals surface area contributed by atoms with E-state index >= 15 is 0 Å². The maximum absolute atomic E-state index is 13.7. The molecule has 0 aliphatic heterocycles. The third-order valence-corrected chi connectivity index (χ3v) is 3.65. The number of carboxylic acid groups (broad SMARTS) is 1. The average Bonchev–Trinajstić information content (AvgIpc) is 2.37. The van der Waals surface area contributed by atoms with Gasteiger partial charge in [-0.2, -0.15) is 0 Å². The van der Waals surface area contributed by atoms with Crippen molar-refractivity contribution in [2.75, 3.05) is 0 Å². The fourth-order valence-electron chi connectivity index (χ4n) is 1.46. The predicted molar refractivity (Wildman–Crippen MR) is 71.6 cm³/mol. The molecule has 3 nitrogen and oxygen atoms in total. The quantitative estimate of drug-likeness (QED) is 0.826. The van der Waals surface area contributed by atoms with Crippen LogP contribution in [0.5, 0.6) is 0 Å². The predicted octanol–water partition coefficient (Wildman–Crippen LogP) is 4.55. The van der Waals surface area contributed by atoms with Gasteiger partial charge < -0.3 is 5.11 Å². The van der Waals surface area contributed by atoms with Crippen LogP contribution in [0.2, 0.25) is 15.1 Å². The zero-order chi connectivity index (χ0) is 14.2. The van der Waals surface area contributed by atoms with Gasteiger partial charge in [-0.05, 0) is 24.3 Å². The summed E-state index contributed by atoms with van der Waals surface area (Å²) in [5, 5.41) is 9.14. The van der Waals surface area contributed by atoms with Crippen molar-refractivity contribution in [1.29, 1.82) is 0 Å². The van der Waals surface area contributed by atoms with Crippen LogP contribution in [-0.2, 0) is 0 Å². The van der Waals surface area contributed by atoms with E-state index < -0.39 is 11.8 Å². The Morgan fingerprint density at radius 1 is 1.11 bits per heavy atom. The van der Waals surface area contributed by atoms with Crippen molar-refractivity contribution < 1.29 is 14.3 Å². The van der Waals surface area contributed by atoms with Crippen molar-refractivity contribution in [2.24, 2.45) is 0 Å².